The minimum absolute atomic E-state index is 0.0223. The van der Waals surface area contributed by atoms with E-state index >= 15 is 0 Å². The number of carbonyl (C=O) groups excluding carboxylic acids is 1. The molecule has 0 heterocycles. The second kappa shape index (κ2) is 20.5. The van der Waals surface area contributed by atoms with E-state index in [0.717, 1.165) is 32.4 Å². The fourth-order valence-corrected chi connectivity index (χ4v) is 2.64. The fourth-order valence-electron chi connectivity index (χ4n) is 2.64. The Morgan fingerprint density at radius 1 is 0.931 bits per heavy atom. The van der Waals surface area contributed by atoms with Crippen molar-refractivity contribution in [1.82, 2.24) is 10.6 Å². The van der Waals surface area contributed by atoms with Crippen LogP contribution in [-0.2, 0) is 23.7 Å². The van der Waals surface area contributed by atoms with E-state index in [0.29, 0.717) is 46.2 Å². The second-order valence-corrected chi connectivity index (χ2v) is 6.92. The van der Waals surface area contributed by atoms with Crippen molar-refractivity contribution in [3.05, 3.63) is 0 Å². The molecule has 0 aliphatic heterocycles. The summed E-state index contributed by atoms with van der Waals surface area (Å²) in [6.07, 6.45) is 0.707. The van der Waals surface area contributed by atoms with Crippen molar-refractivity contribution in [3.8, 4) is 0 Å². The maximum Gasteiger partial charge on any atom is 0.223 e. The van der Waals surface area contributed by atoms with Gasteiger partial charge in [0.25, 0.3) is 0 Å². The Balaban J connectivity index is 3.54. The SMILES string of the molecule is CCCC(CC)C(=O)NCC(F)C(C)OCCOCCOCCOCCNCC. The van der Waals surface area contributed by atoms with Gasteiger partial charge in [0.2, 0.25) is 5.91 Å². The van der Waals surface area contributed by atoms with Crippen molar-refractivity contribution in [3.63, 3.8) is 0 Å². The molecule has 0 fully saturated rings. The van der Waals surface area contributed by atoms with Gasteiger partial charge < -0.3 is 29.6 Å². The highest BCUT2D eigenvalue weighted by molar-refractivity contribution is 5.78. The van der Waals surface area contributed by atoms with Crippen molar-refractivity contribution >= 4 is 5.91 Å². The molecule has 0 aromatic rings. The third-order valence-corrected chi connectivity index (χ3v) is 4.51. The van der Waals surface area contributed by atoms with Crippen LogP contribution in [0.15, 0.2) is 0 Å². The molecule has 0 bridgehead atoms. The molecule has 8 heteroatoms. The fraction of sp³-hybridized carbons (Fsp3) is 0.952. The Bertz CT molecular complexity index is 377. The van der Waals surface area contributed by atoms with Gasteiger partial charge in [0.15, 0.2) is 0 Å². The molecule has 0 spiro atoms. The normalized spacial score (nSPS) is 14.5. The van der Waals surface area contributed by atoms with E-state index in [-0.39, 0.29) is 18.4 Å². The smallest absolute Gasteiger partial charge is 0.223 e. The van der Waals surface area contributed by atoms with Crippen LogP contribution in [0.3, 0.4) is 0 Å². The average molecular weight is 423 g/mol. The van der Waals surface area contributed by atoms with Crippen LogP contribution in [0, 0.1) is 5.92 Å². The first-order chi connectivity index (χ1) is 14.1. The Morgan fingerprint density at radius 2 is 1.52 bits per heavy atom. The zero-order valence-electron chi connectivity index (χ0n) is 18.8. The lowest BCUT2D eigenvalue weighted by molar-refractivity contribution is -0.126. The number of alkyl halides is 1. The van der Waals surface area contributed by atoms with Crippen LogP contribution in [0.4, 0.5) is 4.39 Å². The molecule has 3 unspecified atom stereocenters. The lowest BCUT2D eigenvalue weighted by Crippen LogP contribution is -2.39. The quantitative estimate of drug-likeness (QED) is 0.277. The van der Waals surface area contributed by atoms with Crippen molar-refractivity contribution in [2.75, 3.05) is 65.9 Å². The summed E-state index contributed by atoms with van der Waals surface area (Å²) in [5.74, 6) is -0.112. The molecule has 2 N–H and O–H groups in total. The van der Waals surface area contributed by atoms with Crippen molar-refractivity contribution in [2.45, 2.75) is 59.2 Å². The molecule has 0 aliphatic carbocycles. The van der Waals surface area contributed by atoms with E-state index in [2.05, 4.69) is 17.6 Å². The van der Waals surface area contributed by atoms with Crippen LogP contribution in [0.2, 0.25) is 0 Å². The highest BCUT2D eigenvalue weighted by Crippen LogP contribution is 2.11. The van der Waals surface area contributed by atoms with Crippen LogP contribution in [0.5, 0.6) is 0 Å². The predicted octanol–water partition coefficient (Wildman–Crippen LogP) is 2.33. The van der Waals surface area contributed by atoms with E-state index in [9.17, 15) is 9.18 Å². The summed E-state index contributed by atoms with van der Waals surface area (Å²) in [4.78, 5) is 12.0. The topological polar surface area (TPSA) is 78.1 Å². The van der Waals surface area contributed by atoms with Crippen LogP contribution in [0.1, 0.15) is 47.0 Å². The molecule has 0 rings (SSSR count). The van der Waals surface area contributed by atoms with E-state index in [1.807, 2.05) is 13.8 Å². The van der Waals surface area contributed by atoms with E-state index in [4.69, 9.17) is 18.9 Å². The molecule has 0 aromatic carbocycles. The van der Waals surface area contributed by atoms with Crippen LogP contribution >= 0.6 is 0 Å². The van der Waals surface area contributed by atoms with Crippen LogP contribution < -0.4 is 10.6 Å². The summed E-state index contributed by atoms with van der Waals surface area (Å²) in [7, 11) is 0. The number of hydrogen-bond donors (Lipinski definition) is 2. The third-order valence-electron chi connectivity index (χ3n) is 4.51. The van der Waals surface area contributed by atoms with Gasteiger partial charge in [0.1, 0.15) is 6.17 Å². The molecule has 0 radical (unpaired) electrons. The lowest BCUT2D eigenvalue weighted by Gasteiger charge is -2.20. The number of nitrogens with one attached hydrogen (secondary N) is 2. The highest BCUT2D eigenvalue weighted by atomic mass is 19.1. The highest BCUT2D eigenvalue weighted by Gasteiger charge is 2.20. The standard InChI is InChI=1S/C21H43FN2O5/c1-5-8-19(6-2)21(25)24-17-20(22)18(4)29-16-15-28-14-13-27-12-11-26-10-9-23-7-3/h18-20,23H,5-17H2,1-4H3,(H,24,25). The van der Waals surface area contributed by atoms with Crippen molar-refractivity contribution in [1.29, 1.82) is 0 Å². The molecule has 0 saturated carbocycles. The number of rotatable bonds is 21. The minimum Gasteiger partial charge on any atom is -0.378 e. The Labute approximate surface area is 176 Å². The Kier molecular flexibility index (Phi) is 19.9. The number of amides is 1. The van der Waals surface area contributed by atoms with Gasteiger partial charge in [0.05, 0.1) is 58.9 Å². The number of likely N-dealkylation sites (N-methyl/N-ethyl adjacent to an activating group) is 1. The largest absolute Gasteiger partial charge is 0.378 e. The molecule has 3 atom stereocenters. The first-order valence-corrected chi connectivity index (χ1v) is 11.0. The van der Waals surface area contributed by atoms with Crippen molar-refractivity contribution < 1.29 is 28.1 Å². The molecule has 0 aromatic heterocycles. The zero-order chi connectivity index (χ0) is 21.7. The maximum absolute atomic E-state index is 14.1. The second-order valence-electron chi connectivity index (χ2n) is 6.92. The summed E-state index contributed by atoms with van der Waals surface area (Å²) in [5, 5.41) is 5.87. The van der Waals surface area contributed by atoms with Gasteiger partial charge >= 0.3 is 0 Å². The number of hydrogen-bond acceptors (Lipinski definition) is 6. The number of ether oxygens (including phenoxy) is 4. The Morgan fingerprint density at radius 3 is 2.07 bits per heavy atom. The Hall–Kier alpha value is -0.800. The van der Waals surface area contributed by atoms with Gasteiger partial charge in [-0.3, -0.25) is 4.79 Å². The molecule has 174 valence electrons. The zero-order valence-corrected chi connectivity index (χ0v) is 18.8. The van der Waals surface area contributed by atoms with Gasteiger partial charge in [-0.15, -0.1) is 0 Å². The molecule has 29 heavy (non-hydrogen) atoms. The van der Waals surface area contributed by atoms with Gasteiger partial charge in [-0.2, -0.15) is 0 Å². The average Bonchev–Trinajstić information content (AvgIpc) is 2.73. The van der Waals surface area contributed by atoms with E-state index < -0.39 is 12.3 Å². The van der Waals surface area contributed by atoms with Gasteiger partial charge in [0, 0.05) is 12.5 Å². The summed E-state index contributed by atoms with van der Waals surface area (Å²) >= 11 is 0. The summed E-state index contributed by atoms with van der Waals surface area (Å²) < 4.78 is 35.8. The van der Waals surface area contributed by atoms with E-state index in [1.165, 1.54) is 0 Å². The summed E-state index contributed by atoms with van der Waals surface area (Å²) in [6.45, 7) is 12.9. The lowest BCUT2D eigenvalue weighted by atomic mass is 10.00. The van der Waals surface area contributed by atoms with E-state index in [1.54, 1.807) is 6.92 Å². The van der Waals surface area contributed by atoms with Gasteiger partial charge in [-0.25, -0.2) is 4.39 Å². The molecular weight excluding hydrogens is 379 g/mol. The predicted molar refractivity (Wildman–Crippen MR) is 113 cm³/mol. The summed E-state index contributed by atoms with van der Waals surface area (Å²) in [5.41, 5.74) is 0. The molecule has 0 saturated heterocycles. The molecular formula is C21H43FN2O5. The first-order valence-electron chi connectivity index (χ1n) is 11.0. The first kappa shape index (κ1) is 28.2. The van der Waals surface area contributed by atoms with Gasteiger partial charge in [-0.05, 0) is 26.3 Å². The third kappa shape index (κ3) is 16.7. The molecule has 7 nitrogen and oxygen atoms in total. The summed E-state index contributed by atoms with van der Waals surface area (Å²) in [6, 6.07) is 0. The minimum atomic E-state index is -1.24. The number of halogens is 1. The monoisotopic (exact) mass is 422 g/mol. The van der Waals surface area contributed by atoms with Gasteiger partial charge in [-0.1, -0.05) is 27.2 Å². The van der Waals surface area contributed by atoms with Crippen LogP contribution in [0.25, 0.3) is 0 Å². The number of carbonyl (C=O) groups is 1. The molecule has 0 aliphatic rings. The van der Waals surface area contributed by atoms with Crippen LogP contribution in [-0.4, -0.2) is 84.1 Å². The molecule has 1 amide bonds. The van der Waals surface area contributed by atoms with Crippen molar-refractivity contribution in [2.24, 2.45) is 5.92 Å². The maximum atomic E-state index is 14.1.